The summed E-state index contributed by atoms with van der Waals surface area (Å²) >= 11 is 12.2. The van der Waals surface area contributed by atoms with E-state index in [0.29, 0.717) is 16.7 Å². The van der Waals surface area contributed by atoms with Crippen LogP contribution < -0.4 is 0 Å². The molecular formula is C12H12Cl2O. The van der Waals surface area contributed by atoms with Crippen molar-refractivity contribution in [3.63, 3.8) is 0 Å². The van der Waals surface area contributed by atoms with Crippen molar-refractivity contribution < 1.29 is 5.11 Å². The first-order valence-corrected chi connectivity index (χ1v) is 5.92. The molecule has 0 heterocycles. The van der Waals surface area contributed by atoms with Gasteiger partial charge in [-0.2, -0.15) is 0 Å². The van der Waals surface area contributed by atoms with Crippen molar-refractivity contribution in [3.05, 3.63) is 33.8 Å². The fourth-order valence-corrected chi connectivity index (χ4v) is 3.87. The van der Waals surface area contributed by atoms with E-state index in [9.17, 15) is 5.11 Å². The van der Waals surface area contributed by atoms with Gasteiger partial charge in [0.1, 0.15) is 0 Å². The molecule has 1 aromatic rings. The predicted octanol–water partition coefficient (Wildman–Crippen LogP) is 3.41. The lowest BCUT2D eigenvalue weighted by Gasteiger charge is -2.70. The van der Waals surface area contributed by atoms with Crippen molar-refractivity contribution in [2.45, 2.75) is 24.7 Å². The zero-order valence-electron chi connectivity index (χ0n) is 8.26. The summed E-state index contributed by atoms with van der Waals surface area (Å²) in [5, 5.41) is 10.5. The van der Waals surface area contributed by atoms with E-state index < -0.39 is 0 Å². The predicted molar refractivity (Wildman–Crippen MR) is 61.5 cm³/mol. The Kier molecular flexibility index (Phi) is 1.93. The number of hydrogen-bond donors (Lipinski definition) is 1. The number of aliphatic hydroxyl groups excluding tert-OH is 1. The number of rotatable bonds is 2. The Bertz CT molecular complexity index is 408. The van der Waals surface area contributed by atoms with Crippen molar-refractivity contribution in [1.29, 1.82) is 0 Å². The van der Waals surface area contributed by atoms with Crippen LogP contribution in [0.25, 0.3) is 0 Å². The Hall–Kier alpha value is -0.240. The lowest BCUT2D eigenvalue weighted by Crippen LogP contribution is -2.66. The summed E-state index contributed by atoms with van der Waals surface area (Å²) in [5.74, 6) is 0. The molecular weight excluding hydrogens is 231 g/mol. The van der Waals surface area contributed by atoms with Crippen molar-refractivity contribution in [2.24, 2.45) is 5.41 Å². The zero-order valence-corrected chi connectivity index (χ0v) is 9.78. The van der Waals surface area contributed by atoms with Gasteiger partial charge in [-0.3, -0.25) is 0 Å². The molecule has 3 aliphatic carbocycles. The van der Waals surface area contributed by atoms with E-state index in [1.165, 1.54) is 5.56 Å². The lowest BCUT2D eigenvalue weighted by atomic mass is 9.34. The van der Waals surface area contributed by atoms with Crippen LogP contribution in [0.5, 0.6) is 0 Å². The molecule has 1 nitrogen and oxygen atoms in total. The molecule has 15 heavy (non-hydrogen) atoms. The molecule has 0 unspecified atom stereocenters. The Morgan fingerprint density at radius 1 is 1.20 bits per heavy atom. The fourth-order valence-electron chi connectivity index (χ4n) is 3.36. The third-order valence-corrected chi connectivity index (χ3v) is 4.82. The van der Waals surface area contributed by atoms with Crippen LogP contribution in [0.2, 0.25) is 10.0 Å². The Morgan fingerprint density at radius 3 is 2.47 bits per heavy atom. The summed E-state index contributed by atoms with van der Waals surface area (Å²) in [5.41, 5.74) is 1.61. The van der Waals surface area contributed by atoms with Crippen LogP contribution in [0.3, 0.4) is 0 Å². The third kappa shape index (κ3) is 1.15. The molecule has 0 spiro atoms. The van der Waals surface area contributed by atoms with Crippen LogP contribution in [0.15, 0.2) is 18.2 Å². The molecule has 80 valence electrons. The van der Waals surface area contributed by atoms with Crippen LogP contribution in [-0.4, -0.2) is 11.7 Å². The molecule has 0 radical (unpaired) electrons. The first kappa shape index (κ1) is 9.95. The maximum Gasteiger partial charge on any atom is 0.0629 e. The molecule has 3 saturated carbocycles. The standard InChI is InChI=1S/C12H12Cl2O/c13-9-3-1-2-8(10(9)14)12-4-11(5-12,6-12)7-15/h1-3,15H,4-7H2. The number of aliphatic hydroxyl groups is 1. The Morgan fingerprint density at radius 2 is 1.87 bits per heavy atom. The minimum atomic E-state index is 0.214. The van der Waals surface area contributed by atoms with Gasteiger partial charge in [0.25, 0.3) is 0 Å². The molecule has 4 rings (SSSR count). The average molecular weight is 243 g/mol. The summed E-state index contributed by atoms with van der Waals surface area (Å²) in [6.45, 7) is 0.312. The van der Waals surface area contributed by atoms with E-state index >= 15 is 0 Å². The maximum absolute atomic E-state index is 9.21. The van der Waals surface area contributed by atoms with Gasteiger partial charge in [0, 0.05) is 6.61 Å². The van der Waals surface area contributed by atoms with Crippen LogP contribution in [0.4, 0.5) is 0 Å². The molecule has 0 aromatic heterocycles. The maximum atomic E-state index is 9.21. The summed E-state index contributed by atoms with van der Waals surface area (Å²) < 4.78 is 0. The second kappa shape index (κ2) is 2.91. The average Bonchev–Trinajstić information content (AvgIpc) is 2.08. The van der Waals surface area contributed by atoms with E-state index in [1.54, 1.807) is 0 Å². The van der Waals surface area contributed by atoms with Crippen molar-refractivity contribution >= 4 is 23.2 Å². The van der Waals surface area contributed by atoms with Gasteiger partial charge in [-0.15, -0.1) is 0 Å². The first-order chi connectivity index (χ1) is 7.11. The van der Waals surface area contributed by atoms with E-state index in [-0.39, 0.29) is 10.8 Å². The lowest BCUT2D eigenvalue weighted by molar-refractivity contribution is -0.167. The van der Waals surface area contributed by atoms with Crippen molar-refractivity contribution in [3.8, 4) is 0 Å². The summed E-state index contributed by atoms with van der Waals surface area (Å²) in [7, 11) is 0. The minimum Gasteiger partial charge on any atom is -0.396 e. The van der Waals surface area contributed by atoms with Gasteiger partial charge in [0.15, 0.2) is 0 Å². The van der Waals surface area contributed by atoms with Gasteiger partial charge in [0.05, 0.1) is 10.0 Å². The second-order valence-corrected chi connectivity index (χ2v) is 5.86. The molecule has 3 fully saturated rings. The number of benzene rings is 1. The second-order valence-electron chi connectivity index (χ2n) is 5.07. The molecule has 0 atom stereocenters. The van der Waals surface area contributed by atoms with Gasteiger partial charge in [0.2, 0.25) is 0 Å². The van der Waals surface area contributed by atoms with E-state index in [1.807, 2.05) is 12.1 Å². The normalized spacial score (nSPS) is 37.0. The summed E-state index contributed by atoms with van der Waals surface area (Å²) in [4.78, 5) is 0. The highest BCUT2D eigenvalue weighted by atomic mass is 35.5. The van der Waals surface area contributed by atoms with E-state index in [2.05, 4.69) is 6.07 Å². The third-order valence-electron chi connectivity index (χ3n) is 4.00. The highest BCUT2D eigenvalue weighted by molar-refractivity contribution is 6.42. The Balaban J connectivity index is 1.94. The van der Waals surface area contributed by atoms with Crippen molar-refractivity contribution in [2.75, 3.05) is 6.61 Å². The van der Waals surface area contributed by atoms with Gasteiger partial charge < -0.3 is 5.11 Å². The topological polar surface area (TPSA) is 20.2 Å². The molecule has 3 heteroatoms. The number of hydrogen-bond acceptors (Lipinski definition) is 1. The molecule has 2 bridgehead atoms. The molecule has 0 aliphatic heterocycles. The highest BCUT2D eigenvalue weighted by Crippen LogP contribution is 2.74. The van der Waals surface area contributed by atoms with Gasteiger partial charge in [-0.1, -0.05) is 35.3 Å². The van der Waals surface area contributed by atoms with Gasteiger partial charge in [-0.05, 0) is 41.7 Å². The van der Waals surface area contributed by atoms with Crippen LogP contribution >= 0.6 is 23.2 Å². The van der Waals surface area contributed by atoms with Crippen molar-refractivity contribution in [1.82, 2.24) is 0 Å². The summed E-state index contributed by atoms with van der Waals surface area (Å²) in [6.07, 6.45) is 3.20. The molecule has 0 saturated heterocycles. The van der Waals surface area contributed by atoms with Gasteiger partial charge in [-0.25, -0.2) is 0 Å². The van der Waals surface area contributed by atoms with E-state index in [4.69, 9.17) is 23.2 Å². The minimum absolute atomic E-state index is 0.214. The molecule has 1 aromatic carbocycles. The Labute approximate surface area is 99.0 Å². The summed E-state index contributed by atoms with van der Waals surface area (Å²) in [6, 6.07) is 5.84. The number of halogens is 2. The molecule has 0 amide bonds. The largest absolute Gasteiger partial charge is 0.396 e. The fraction of sp³-hybridized carbons (Fsp3) is 0.500. The smallest absolute Gasteiger partial charge is 0.0629 e. The van der Waals surface area contributed by atoms with Crippen LogP contribution in [0, 0.1) is 5.41 Å². The van der Waals surface area contributed by atoms with Crippen LogP contribution in [-0.2, 0) is 5.41 Å². The monoisotopic (exact) mass is 242 g/mol. The highest BCUT2D eigenvalue weighted by Gasteiger charge is 2.68. The van der Waals surface area contributed by atoms with E-state index in [0.717, 1.165) is 19.3 Å². The first-order valence-electron chi connectivity index (χ1n) is 5.16. The zero-order chi connectivity index (χ0) is 10.7. The SMILES string of the molecule is OCC12CC(c3cccc(Cl)c3Cl)(C1)C2. The van der Waals surface area contributed by atoms with Gasteiger partial charge >= 0.3 is 0 Å². The molecule has 3 aliphatic rings. The quantitative estimate of drug-likeness (QED) is 0.843. The van der Waals surface area contributed by atoms with Crippen LogP contribution in [0.1, 0.15) is 24.8 Å². The molecule has 1 N–H and O–H groups in total.